The van der Waals surface area contributed by atoms with Crippen LogP contribution in [0.2, 0.25) is 0 Å². The average molecular weight is 134 g/mol. The van der Waals surface area contributed by atoms with Crippen molar-refractivity contribution in [1.29, 1.82) is 0 Å². The van der Waals surface area contributed by atoms with Gasteiger partial charge in [0.15, 0.2) is 0 Å². The van der Waals surface area contributed by atoms with E-state index in [4.69, 9.17) is 0 Å². The van der Waals surface area contributed by atoms with E-state index in [1.165, 1.54) is 0 Å². The van der Waals surface area contributed by atoms with Crippen molar-refractivity contribution >= 4 is 0 Å². The third kappa shape index (κ3) is 1.41. The van der Waals surface area contributed by atoms with Crippen LogP contribution in [0.3, 0.4) is 0 Å². The molecule has 0 atom stereocenters. The molecule has 1 saturated carbocycles. The maximum absolute atomic E-state index is 12.3. The lowest BCUT2D eigenvalue weighted by atomic mass is 9.73. The third-order valence-electron chi connectivity index (χ3n) is 2.09. The molecule has 54 valence electrons. The molecule has 0 saturated heterocycles. The van der Waals surface area contributed by atoms with Crippen molar-refractivity contribution in [2.24, 2.45) is 11.8 Å². The highest BCUT2D eigenvalue weighted by Crippen LogP contribution is 2.43. The van der Waals surface area contributed by atoms with Gasteiger partial charge in [0.25, 0.3) is 0 Å². The Morgan fingerprint density at radius 2 is 1.78 bits per heavy atom. The van der Waals surface area contributed by atoms with Gasteiger partial charge in [-0.15, -0.1) is 0 Å². The first-order valence-corrected chi connectivity index (χ1v) is 3.38. The molecule has 1 aliphatic rings. The van der Waals surface area contributed by atoms with Gasteiger partial charge in [0.1, 0.15) is 0 Å². The first-order valence-electron chi connectivity index (χ1n) is 3.38. The van der Waals surface area contributed by atoms with Crippen LogP contribution in [-0.2, 0) is 0 Å². The van der Waals surface area contributed by atoms with Crippen LogP contribution in [0.4, 0.5) is 8.78 Å². The summed E-state index contributed by atoms with van der Waals surface area (Å²) >= 11 is 0. The Hall–Kier alpha value is -0.140. The molecule has 1 aliphatic carbocycles. The molecule has 0 spiro atoms. The Morgan fingerprint density at radius 3 is 1.89 bits per heavy atom. The fourth-order valence-electron chi connectivity index (χ4n) is 1.32. The molecule has 0 aromatic rings. The van der Waals surface area contributed by atoms with Crippen LogP contribution in [0, 0.1) is 11.8 Å². The Balaban J connectivity index is 2.32. The summed E-state index contributed by atoms with van der Waals surface area (Å²) in [6, 6.07) is 0. The van der Waals surface area contributed by atoms with Crippen molar-refractivity contribution in [2.45, 2.75) is 32.6 Å². The van der Waals surface area contributed by atoms with E-state index in [0.29, 0.717) is 18.8 Å². The van der Waals surface area contributed by atoms with Gasteiger partial charge in [0, 0.05) is 5.92 Å². The summed E-state index contributed by atoms with van der Waals surface area (Å²) in [7, 11) is 0. The van der Waals surface area contributed by atoms with Gasteiger partial charge in [-0.2, -0.15) is 0 Å². The molecule has 9 heavy (non-hydrogen) atoms. The van der Waals surface area contributed by atoms with Crippen molar-refractivity contribution in [1.82, 2.24) is 0 Å². The number of rotatable bonds is 1. The molecule has 0 heterocycles. The molecule has 0 N–H and O–H groups in total. The van der Waals surface area contributed by atoms with Crippen molar-refractivity contribution in [3.8, 4) is 0 Å². The molecule has 0 nitrogen and oxygen atoms in total. The van der Waals surface area contributed by atoms with E-state index in [1.54, 1.807) is 0 Å². The maximum atomic E-state index is 12.3. The second-order valence-electron chi connectivity index (χ2n) is 3.23. The molecule has 0 aromatic carbocycles. The Labute approximate surface area is 54.3 Å². The second-order valence-corrected chi connectivity index (χ2v) is 3.23. The van der Waals surface area contributed by atoms with Gasteiger partial charge in [0.2, 0.25) is 5.92 Å². The summed E-state index contributed by atoms with van der Waals surface area (Å²) in [5.74, 6) is -2.22. The van der Waals surface area contributed by atoms with E-state index in [0.717, 1.165) is 6.92 Å². The first kappa shape index (κ1) is 6.97. The lowest BCUT2D eigenvalue weighted by Gasteiger charge is -2.36. The molecule has 0 aliphatic heterocycles. The fourth-order valence-corrected chi connectivity index (χ4v) is 1.32. The minimum atomic E-state index is -2.42. The van der Waals surface area contributed by atoms with Crippen LogP contribution in [0.25, 0.3) is 0 Å². The van der Waals surface area contributed by atoms with Gasteiger partial charge in [0.05, 0.1) is 0 Å². The largest absolute Gasteiger partial charge is 0.248 e. The number of hydrogen-bond donors (Lipinski definition) is 0. The van der Waals surface area contributed by atoms with Crippen LogP contribution in [0.15, 0.2) is 0 Å². The SMILES string of the molecule is CC(F)(F)[C@H]1C[C@H](C)C1. The van der Waals surface area contributed by atoms with Crippen LogP contribution >= 0.6 is 0 Å². The molecule has 0 aromatic heterocycles. The lowest BCUT2D eigenvalue weighted by molar-refractivity contribution is -0.0869. The zero-order chi connectivity index (χ0) is 7.07. The topological polar surface area (TPSA) is 0 Å². The van der Waals surface area contributed by atoms with E-state index in [2.05, 4.69) is 0 Å². The Kier molecular flexibility index (Phi) is 1.49. The van der Waals surface area contributed by atoms with Gasteiger partial charge in [-0.05, 0) is 25.7 Å². The molecule has 0 amide bonds. The van der Waals surface area contributed by atoms with Gasteiger partial charge >= 0.3 is 0 Å². The molecule has 0 radical (unpaired) electrons. The maximum Gasteiger partial charge on any atom is 0.248 e. The summed E-state index contributed by atoms with van der Waals surface area (Å²) in [5.41, 5.74) is 0. The highest BCUT2D eigenvalue weighted by molar-refractivity contribution is 4.84. The summed E-state index contributed by atoms with van der Waals surface area (Å²) in [6.45, 7) is 3.03. The summed E-state index contributed by atoms with van der Waals surface area (Å²) in [5, 5.41) is 0. The van der Waals surface area contributed by atoms with Crippen LogP contribution in [0.1, 0.15) is 26.7 Å². The smallest absolute Gasteiger partial charge is 0.207 e. The zero-order valence-electron chi connectivity index (χ0n) is 5.82. The molecule has 0 bridgehead atoms. The number of halogens is 2. The van der Waals surface area contributed by atoms with E-state index >= 15 is 0 Å². The Morgan fingerprint density at radius 1 is 1.33 bits per heavy atom. The molecule has 1 rings (SSSR count). The second kappa shape index (κ2) is 1.93. The first-order chi connectivity index (χ1) is 4.00. The van der Waals surface area contributed by atoms with Crippen LogP contribution in [0.5, 0.6) is 0 Å². The van der Waals surface area contributed by atoms with Crippen molar-refractivity contribution in [3.63, 3.8) is 0 Å². The number of hydrogen-bond acceptors (Lipinski definition) is 0. The standard InChI is InChI=1S/C7H12F2/c1-5-3-6(4-5)7(2,8)9/h5-6H,3-4H2,1-2H3/t5-,6-. The summed E-state index contributed by atoms with van der Waals surface area (Å²) < 4.78 is 24.7. The summed E-state index contributed by atoms with van der Waals surface area (Å²) in [6.07, 6.45) is 1.42. The monoisotopic (exact) mass is 134 g/mol. The Bertz CT molecular complexity index is 98.0. The van der Waals surface area contributed by atoms with E-state index < -0.39 is 5.92 Å². The minimum Gasteiger partial charge on any atom is -0.207 e. The third-order valence-corrected chi connectivity index (χ3v) is 2.09. The quantitative estimate of drug-likeness (QED) is 0.517. The number of alkyl halides is 2. The molecular formula is C7H12F2. The highest BCUT2D eigenvalue weighted by Gasteiger charge is 2.41. The van der Waals surface area contributed by atoms with E-state index in [1.807, 2.05) is 6.92 Å². The van der Waals surface area contributed by atoms with E-state index in [-0.39, 0.29) is 5.92 Å². The predicted octanol–water partition coefficient (Wildman–Crippen LogP) is 2.69. The van der Waals surface area contributed by atoms with Gasteiger partial charge in [-0.3, -0.25) is 0 Å². The van der Waals surface area contributed by atoms with Crippen molar-refractivity contribution in [3.05, 3.63) is 0 Å². The average Bonchev–Trinajstić information content (AvgIpc) is 1.55. The van der Waals surface area contributed by atoms with Crippen LogP contribution < -0.4 is 0 Å². The summed E-state index contributed by atoms with van der Waals surface area (Å²) in [4.78, 5) is 0. The minimum absolute atomic E-state index is 0.326. The fraction of sp³-hybridized carbons (Fsp3) is 1.00. The van der Waals surface area contributed by atoms with Gasteiger partial charge in [-0.1, -0.05) is 6.92 Å². The van der Waals surface area contributed by atoms with Crippen molar-refractivity contribution in [2.75, 3.05) is 0 Å². The molecule has 0 unspecified atom stereocenters. The molecular weight excluding hydrogens is 122 g/mol. The lowest BCUT2D eigenvalue weighted by Crippen LogP contribution is -2.35. The van der Waals surface area contributed by atoms with Crippen molar-refractivity contribution < 1.29 is 8.78 Å². The van der Waals surface area contributed by atoms with Gasteiger partial charge in [-0.25, -0.2) is 8.78 Å². The predicted molar refractivity (Wildman–Crippen MR) is 32.5 cm³/mol. The van der Waals surface area contributed by atoms with Crippen LogP contribution in [-0.4, -0.2) is 5.92 Å². The zero-order valence-corrected chi connectivity index (χ0v) is 5.82. The normalized spacial score (nSPS) is 36.0. The van der Waals surface area contributed by atoms with Gasteiger partial charge < -0.3 is 0 Å². The molecule has 2 heteroatoms. The van der Waals surface area contributed by atoms with E-state index in [9.17, 15) is 8.78 Å². The molecule has 1 fully saturated rings. The highest BCUT2D eigenvalue weighted by atomic mass is 19.3.